The average molecular weight is 163 g/mol. The van der Waals surface area contributed by atoms with Crippen molar-refractivity contribution >= 4 is 5.91 Å². The van der Waals surface area contributed by atoms with Crippen molar-refractivity contribution in [1.29, 1.82) is 0 Å². The van der Waals surface area contributed by atoms with E-state index >= 15 is 0 Å². The molecule has 1 aliphatic carbocycles. The van der Waals surface area contributed by atoms with E-state index in [2.05, 4.69) is 13.0 Å². The van der Waals surface area contributed by atoms with Gasteiger partial charge < -0.3 is 4.90 Å². The monoisotopic (exact) mass is 163 g/mol. The van der Waals surface area contributed by atoms with E-state index in [4.69, 9.17) is 0 Å². The Morgan fingerprint density at radius 2 is 1.83 bits per heavy atom. The summed E-state index contributed by atoms with van der Waals surface area (Å²) in [7, 11) is 1.85. The summed E-state index contributed by atoms with van der Waals surface area (Å²) in [6.45, 7) is 4.09. The predicted molar refractivity (Wildman–Crippen MR) is 47.6 cm³/mol. The van der Waals surface area contributed by atoms with Crippen LogP contribution in [0.2, 0.25) is 0 Å². The second kappa shape index (κ2) is 1.82. The van der Waals surface area contributed by atoms with E-state index in [1.54, 1.807) is 4.90 Å². The SMILES string of the molecule is CN1C(=O)C2(C)C=CC=CC12C. The van der Waals surface area contributed by atoms with Crippen molar-refractivity contribution in [1.82, 2.24) is 4.90 Å². The lowest BCUT2D eigenvalue weighted by Gasteiger charge is -2.59. The third-order valence-electron chi connectivity index (χ3n) is 3.46. The topological polar surface area (TPSA) is 20.3 Å². The van der Waals surface area contributed by atoms with Gasteiger partial charge in [-0.1, -0.05) is 24.3 Å². The number of carbonyl (C=O) groups is 1. The number of allylic oxidation sites excluding steroid dienone is 2. The Kier molecular flexibility index (Phi) is 1.15. The fraction of sp³-hybridized carbons (Fsp3) is 0.500. The van der Waals surface area contributed by atoms with Crippen LogP contribution in [-0.4, -0.2) is 23.4 Å². The number of likely N-dealkylation sites (N-methyl/N-ethyl adjacent to an activating group) is 1. The minimum Gasteiger partial charge on any atom is -0.335 e. The summed E-state index contributed by atoms with van der Waals surface area (Å²) >= 11 is 0. The van der Waals surface area contributed by atoms with Crippen molar-refractivity contribution in [3.63, 3.8) is 0 Å². The maximum Gasteiger partial charge on any atom is 0.235 e. The zero-order chi connectivity index (χ0) is 8.98. The number of hydrogen-bond acceptors (Lipinski definition) is 1. The first-order chi connectivity index (χ1) is 5.52. The van der Waals surface area contributed by atoms with E-state index < -0.39 is 0 Å². The van der Waals surface area contributed by atoms with Crippen LogP contribution >= 0.6 is 0 Å². The summed E-state index contributed by atoms with van der Waals surface area (Å²) in [6.07, 6.45) is 8.04. The Bertz CT molecular complexity index is 305. The molecule has 0 radical (unpaired) electrons. The molecule has 12 heavy (non-hydrogen) atoms. The Balaban J connectivity index is 2.49. The van der Waals surface area contributed by atoms with Crippen LogP contribution in [0.25, 0.3) is 0 Å². The number of rotatable bonds is 0. The average Bonchev–Trinajstić information content (AvgIpc) is 2.08. The third kappa shape index (κ3) is 0.521. The summed E-state index contributed by atoms with van der Waals surface area (Å²) < 4.78 is 0. The van der Waals surface area contributed by atoms with Crippen molar-refractivity contribution in [3.05, 3.63) is 24.3 Å². The van der Waals surface area contributed by atoms with Crippen LogP contribution < -0.4 is 0 Å². The molecule has 2 rings (SSSR count). The molecular formula is C10H13NO. The van der Waals surface area contributed by atoms with Gasteiger partial charge in [0.1, 0.15) is 0 Å². The zero-order valence-corrected chi connectivity index (χ0v) is 7.66. The molecule has 0 aromatic heterocycles. The van der Waals surface area contributed by atoms with Crippen LogP contribution in [0.3, 0.4) is 0 Å². The molecule has 1 amide bonds. The number of amides is 1. The van der Waals surface area contributed by atoms with Gasteiger partial charge in [0.25, 0.3) is 0 Å². The first kappa shape index (κ1) is 7.59. The number of likely N-dealkylation sites (tertiary alicyclic amines) is 1. The lowest BCUT2D eigenvalue weighted by molar-refractivity contribution is -0.169. The smallest absolute Gasteiger partial charge is 0.235 e. The second-order valence-electron chi connectivity index (χ2n) is 3.93. The van der Waals surface area contributed by atoms with E-state index in [-0.39, 0.29) is 16.9 Å². The highest BCUT2D eigenvalue weighted by molar-refractivity contribution is 5.94. The quantitative estimate of drug-likeness (QED) is 0.494. The fourth-order valence-electron chi connectivity index (χ4n) is 2.09. The van der Waals surface area contributed by atoms with Crippen molar-refractivity contribution in [2.24, 2.45) is 5.41 Å². The van der Waals surface area contributed by atoms with Crippen molar-refractivity contribution in [2.45, 2.75) is 19.4 Å². The van der Waals surface area contributed by atoms with Gasteiger partial charge in [0.05, 0.1) is 11.0 Å². The molecule has 1 fully saturated rings. The molecule has 2 aliphatic rings. The van der Waals surface area contributed by atoms with Gasteiger partial charge in [-0.05, 0) is 13.8 Å². The van der Waals surface area contributed by atoms with Gasteiger partial charge in [0.15, 0.2) is 0 Å². The maximum atomic E-state index is 11.6. The Morgan fingerprint density at radius 3 is 2.42 bits per heavy atom. The van der Waals surface area contributed by atoms with Crippen LogP contribution in [0.15, 0.2) is 24.3 Å². The Hall–Kier alpha value is -1.05. The zero-order valence-electron chi connectivity index (χ0n) is 7.66. The number of fused-ring (bicyclic) bond motifs is 1. The molecule has 0 bridgehead atoms. The molecule has 0 aromatic rings. The van der Waals surface area contributed by atoms with Crippen molar-refractivity contribution < 1.29 is 4.79 Å². The second-order valence-corrected chi connectivity index (χ2v) is 3.93. The molecule has 64 valence electrons. The van der Waals surface area contributed by atoms with Gasteiger partial charge in [-0.2, -0.15) is 0 Å². The summed E-state index contributed by atoms with van der Waals surface area (Å²) in [5, 5.41) is 0. The Morgan fingerprint density at radius 1 is 1.25 bits per heavy atom. The molecule has 1 aliphatic heterocycles. The first-order valence-corrected chi connectivity index (χ1v) is 4.18. The minimum atomic E-state index is -0.295. The van der Waals surface area contributed by atoms with E-state index in [1.807, 2.05) is 32.2 Å². The lowest BCUT2D eigenvalue weighted by atomic mass is 9.60. The van der Waals surface area contributed by atoms with Crippen LogP contribution in [0.5, 0.6) is 0 Å². The van der Waals surface area contributed by atoms with Crippen molar-refractivity contribution in [3.8, 4) is 0 Å². The molecule has 0 spiro atoms. The molecule has 1 heterocycles. The standard InChI is InChI=1S/C10H13NO/c1-9-6-4-5-7-10(9,2)11(3)8(9)12/h4-7H,1-3H3. The van der Waals surface area contributed by atoms with E-state index in [0.29, 0.717) is 0 Å². The van der Waals surface area contributed by atoms with E-state index in [0.717, 1.165) is 0 Å². The lowest BCUT2D eigenvalue weighted by Crippen LogP contribution is -2.73. The molecule has 0 aromatic carbocycles. The van der Waals surface area contributed by atoms with Gasteiger partial charge in [-0.15, -0.1) is 0 Å². The van der Waals surface area contributed by atoms with Crippen molar-refractivity contribution in [2.75, 3.05) is 7.05 Å². The maximum absolute atomic E-state index is 11.6. The highest BCUT2D eigenvalue weighted by atomic mass is 16.2. The van der Waals surface area contributed by atoms with Crippen LogP contribution in [-0.2, 0) is 4.79 Å². The Labute approximate surface area is 72.6 Å². The normalized spacial score (nSPS) is 44.2. The van der Waals surface area contributed by atoms with Crippen LogP contribution in [0, 0.1) is 5.41 Å². The highest BCUT2D eigenvalue weighted by Gasteiger charge is 2.62. The number of nitrogens with zero attached hydrogens (tertiary/aromatic N) is 1. The summed E-state index contributed by atoms with van der Waals surface area (Å²) in [5.74, 6) is 0.214. The highest BCUT2D eigenvalue weighted by Crippen LogP contribution is 2.50. The molecular weight excluding hydrogens is 150 g/mol. The number of β-lactam (4-membered cyclic amide) rings is 1. The largest absolute Gasteiger partial charge is 0.335 e. The van der Waals surface area contributed by atoms with Crippen LogP contribution in [0.1, 0.15) is 13.8 Å². The first-order valence-electron chi connectivity index (χ1n) is 4.18. The van der Waals surface area contributed by atoms with Gasteiger partial charge >= 0.3 is 0 Å². The third-order valence-corrected chi connectivity index (χ3v) is 3.46. The van der Waals surface area contributed by atoms with Gasteiger partial charge in [-0.3, -0.25) is 4.79 Å². The molecule has 2 atom stereocenters. The van der Waals surface area contributed by atoms with E-state index in [9.17, 15) is 4.79 Å². The van der Waals surface area contributed by atoms with E-state index in [1.165, 1.54) is 0 Å². The molecule has 0 saturated carbocycles. The summed E-state index contributed by atoms with van der Waals surface area (Å²) in [4.78, 5) is 13.4. The predicted octanol–water partition coefficient (Wildman–Crippen LogP) is 1.35. The summed E-state index contributed by atoms with van der Waals surface area (Å²) in [5.41, 5.74) is -0.394. The molecule has 0 N–H and O–H groups in total. The van der Waals surface area contributed by atoms with Crippen LogP contribution in [0.4, 0.5) is 0 Å². The number of hydrogen-bond donors (Lipinski definition) is 0. The van der Waals surface area contributed by atoms with Gasteiger partial charge in [0, 0.05) is 7.05 Å². The number of carbonyl (C=O) groups excluding carboxylic acids is 1. The fourth-order valence-corrected chi connectivity index (χ4v) is 2.09. The molecule has 2 nitrogen and oxygen atoms in total. The summed E-state index contributed by atoms with van der Waals surface area (Å²) in [6, 6.07) is 0. The van der Waals surface area contributed by atoms with Gasteiger partial charge in [0.2, 0.25) is 5.91 Å². The molecule has 2 unspecified atom stereocenters. The molecule has 1 saturated heterocycles. The van der Waals surface area contributed by atoms with Gasteiger partial charge in [-0.25, -0.2) is 0 Å². The molecule has 2 heteroatoms. The minimum absolute atomic E-state index is 0.0984.